The third kappa shape index (κ3) is 5.67. The Morgan fingerprint density at radius 3 is 2.26 bits per heavy atom. The van der Waals surface area contributed by atoms with Crippen molar-refractivity contribution in [2.75, 3.05) is 18.0 Å². The van der Waals surface area contributed by atoms with Gasteiger partial charge in [-0.05, 0) is 61.2 Å². The number of hydrogen-bond donors (Lipinski definition) is 3. The first-order valence-corrected chi connectivity index (χ1v) is 12.9. The van der Waals surface area contributed by atoms with E-state index in [2.05, 4.69) is 53.4 Å². The lowest BCUT2D eigenvalue weighted by atomic mass is 9.78. The lowest BCUT2D eigenvalue weighted by molar-refractivity contribution is 0.101. The van der Waals surface area contributed by atoms with Gasteiger partial charge in [0.2, 0.25) is 5.95 Å². The first kappa shape index (κ1) is 25.8. The van der Waals surface area contributed by atoms with Gasteiger partial charge in [-0.25, -0.2) is 14.8 Å². The van der Waals surface area contributed by atoms with Crippen LogP contribution in [0.4, 0.5) is 10.7 Å². The Bertz CT molecular complexity index is 1270. The molecular weight excluding hydrogens is 482 g/mol. The molecule has 1 aliphatic carbocycles. The number of amides is 1. The zero-order chi connectivity index (χ0) is 26.9. The Morgan fingerprint density at radius 2 is 1.68 bits per heavy atom. The van der Waals surface area contributed by atoms with Gasteiger partial charge in [0, 0.05) is 30.7 Å². The predicted octanol–water partition coefficient (Wildman–Crippen LogP) is 4.10. The fourth-order valence-corrected chi connectivity index (χ4v) is 5.03. The van der Waals surface area contributed by atoms with Crippen LogP contribution in [0.25, 0.3) is 0 Å². The fourth-order valence-electron chi connectivity index (χ4n) is 5.03. The maximum Gasteiger partial charge on any atom is 0.405 e. The smallest absolute Gasteiger partial charge is 0.405 e. The quantitative estimate of drug-likeness (QED) is 0.388. The number of nitrogens with two attached hydrogens (primary N) is 1. The van der Waals surface area contributed by atoms with Crippen LogP contribution in [0, 0.1) is 0 Å². The van der Waals surface area contributed by atoms with E-state index in [1.165, 1.54) is 11.1 Å². The van der Waals surface area contributed by atoms with Gasteiger partial charge in [0.1, 0.15) is 24.2 Å². The van der Waals surface area contributed by atoms with Crippen molar-refractivity contribution < 1.29 is 19.4 Å². The zero-order valence-electron chi connectivity index (χ0n) is 22.1. The highest BCUT2D eigenvalue weighted by Gasteiger charge is 2.41. The molecule has 2 fully saturated rings. The minimum atomic E-state index is -1.03. The van der Waals surface area contributed by atoms with Crippen LogP contribution in [0.5, 0.6) is 11.5 Å². The second-order valence-electron chi connectivity index (χ2n) is 11.1. The van der Waals surface area contributed by atoms with Gasteiger partial charge in [-0.3, -0.25) is 0 Å². The number of ether oxygens (including phenoxy) is 2. The van der Waals surface area contributed by atoms with Crippen LogP contribution in [0.2, 0.25) is 0 Å². The summed E-state index contributed by atoms with van der Waals surface area (Å²) in [4.78, 5) is 21.8. The third-order valence-electron chi connectivity index (χ3n) is 7.44. The molecule has 1 aliphatic heterocycles. The minimum Gasteiger partial charge on any atom is -0.490 e. The van der Waals surface area contributed by atoms with Gasteiger partial charge >= 0.3 is 6.09 Å². The van der Waals surface area contributed by atoms with E-state index in [-0.39, 0.29) is 17.6 Å². The van der Waals surface area contributed by atoms with E-state index in [9.17, 15) is 4.79 Å². The van der Waals surface area contributed by atoms with Crippen molar-refractivity contribution in [2.45, 2.75) is 63.3 Å². The number of anilines is 1. The largest absolute Gasteiger partial charge is 0.490 e. The summed E-state index contributed by atoms with van der Waals surface area (Å²) in [7, 11) is 0. The molecule has 1 amide bonds. The summed E-state index contributed by atoms with van der Waals surface area (Å²) in [6.07, 6.45) is 2.75. The van der Waals surface area contributed by atoms with Gasteiger partial charge in [0.25, 0.3) is 0 Å². The van der Waals surface area contributed by atoms with E-state index in [0.717, 1.165) is 30.0 Å². The summed E-state index contributed by atoms with van der Waals surface area (Å²) in [5, 5.41) is 11.5. The van der Waals surface area contributed by atoms with Crippen LogP contribution in [0.3, 0.4) is 0 Å². The van der Waals surface area contributed by atoms with Crippen molar-refractivity contribution in [3.8, 4) is 11.5 Å². The number of rotatable bonds is 9. The zero-order valence-corrected chi connectivity index (χ0v) is 22.1. The number of carbonyl (C=O) groups is 1. The van der Waals surface area contributed by atoms with Gasteiger partial charge in [0.15, 0.2) is 0 Å². The van der Waals surface area contributed by atoms with Gasteiger partial charge in [-0.2, -0.15) is 0 Å². The molecule has 0 bridgehead atoms. The number of nitrogens with one attached hydrogen (secondary N) is 1. The fraction of sp³-hybridized carbons (Fsp3) is 0.414. The molecule has 1 saturated heterocycles. The van der Waals surface area contributed by atoms with Crippen LogP contribution < -0.4 is 25.4 Å². The first-order valence-electron chi connectivity index (χ1n) is 12.9. The molecule has 0 radical (unpaired) electrons. The van der Waals surface area contributed by atoms with Crippen LogP contribution in [0.1, 0.15) is 50.4 Å². The SMILES string of the molecule is CC1(NC(=O)O)CN(c2nccc(COc3ccc(C(C)(C)c4ccc(OC5CC(N)C5)cc4)cc3)n2)C1. The molecule has 1 aromatic heterocycles. The Balaban J connectivity index is 1.16. The molecule has 9 nitrogen and oxygen atoms in total. The van der Waals surface area contributed by atoms with Gasteiger partial charge in [-0.15, -0.1) is 0 Å². The van der Waals surface area contributed by atoms with E-state index in [1.807, 2.05) is 42.2 Å². The Kier molecular flexibility index (Phi) is 6.88. The van der Waals surface area contributed by atoms with Crippen molar-refractivity contribution in [3.63, 3.8) is 0 Å². The third-order valence-corrected chi connectivity index (χ3v) is 7.44. The first-order chi connectivity index (χ1) is 18.1. The van der Waals surface area contributed by atoms with Crippen LogP contribution >= 0.6 is 0 Å². The van der Waals surface area contributed by atoms with E-state index >= 15 is 0 Å². The van der Waals surface area contributed by atoms with Crippen LogP contribution in [0.15, 0.2) is 60.8 Å². The van der Waals surface area contributed by atoms with E-state index < -0.39 is 11.6 Å². The highest BCUT2D eigenvalue weighted by molar-refractivity contribution is 5.66. The van der Waals surface area contributed by atoms with Crippen LogP contribution in [-0.4, -0.2) is 51.9 Å². The lowest BCUT2D eigenvalue weighted by Crippen LogP contribution is -2.69. The molecule has 1 saturated carbocycles. The molecule has 0 spiro atoms. The second kappa shape index (κ2) is 10.1. The Morgan fingerprint density at radius 1 is 1.08 bits per heavy atom. The molecule has 0 unspecified atom stereocenters. The molecule has 200 valence electrons. The second-order valence-corrected chi connectivity index (χ2v) is 11.1. The van der Waals surface area contributed by atoms with Crippen molar-refractivity contribution in [1.29, 1.82) is 0 Å². The number of hydrogen-bond acceptors (Lipinski definition) is 7. The maximum atomic E-state index is 11.0. The summed E-state index contributed by atoms with van der Waals surface area (Å²) >= 11 is 0. The number of benzene rings is 2. The minimum absolute atomic E-state index is 0.182. The molecule has 38 heavy (non-hydrogen) atoms. The molecule has 2 aliphatic rings. The summed E-state index contributed by atoms with van der Waals surface area (Å²) in [5.41, 5.74) is 8.33. The van der Waals surface area contributed by atoms with E-state index in [1.54, 1.807) is 6.20 Å². The topological polar surface area (TPSA) is 123 Å². The summed E-state index contributed by atoms with van der Waals surface area (Å²) in [5.74, 6) is 2.22. The molecule has 0 atom stereocenters. The molecule has 2 aromatic carbocycles. The average molecular weight is 518 g/mol. The van der Waals surface area contributed by atoms with Crippen LogP contribution in [-0.2, 0) is 12.0 Å². The average Bonchev–Trinajstić information content (AvgIpc) is 2.85. The normalized spacial score (nSPS) is 20.2. The Hall–Kier alpha value is -3.85. The van der Waals surface area contributed by atoms with E-state index in [0.29, 0.717) is 25.6 Å². The van der Waals surface area contributed by atoms with Gasteiger partial charge < -0.3 is 30.5 Å². The van der Waals surface area contributed by atoms with Gasteiger partial charge in [0.05, 0.1) is 11.2 Å². The predicted molar refractivity (Wildman–Crippen MR) is 145 cm³/mol. The number of carboxylic acid groups (broad SMARTS) is 1. The van der Waals surface area contributed by atoms with Crippen molar-refractivity contribution in [3.05, 3.63) is 77.6 Å². The van der Waals surface area contributed by atoms with Crippen molar-refractivity contribution in [2.24, 2.45) is 5.73 Å². The maximum absolute atomic E-state index is 11.0. The lowest BCUT2D eigenvalue weighted by Gasteiger charge is -2.47. The number of nitrogens with zero attached hydrogens (tertiary/aromatic N) is 3. The Labute approximate surface area is 223 Å². The highest BCUT2D eigenvalue weighted by Crippen LogP contribution is 2.34. The monoisotopic (exact) mass is 517 g/mol. The summed E-state index contributed by atoms with van der Waals surface area (Å²) in [6, 6.07) is 18.6. The summed E-state index contributed by atoms with van der Waals surface area (Å²) in [6.45, 7) is 7.63. The number of aromatic nitrogens is 2. The van der Waals surface area contributed by atoms with Gasteiger partial charge in [-0.1, -0.05) is 38.1 Å². The molecule has 3 aromatic rings. The molecule has 9 heteroatoms. The summed E-state index contributed by atoms with van der Waals surface area (Å²) < 4.78 is 12.0. The van der Waals surface area contributed by atoms with Crippen molar-refractivity contribution in [1.82, 2.24) is 15.3 Å². The highest BCUT2D eigenvalue weighted by atomic mass is 16.5. The molecule has 5 rings (SSSR count). The standard InChI is InChI=1S/C29H35N5O4/c1-28(2,20-6-10-24(11-7-20)38-25-14-21(30)15-25)19-4-8-23(9-5-19)37-16-22-12-13-31-26(32-22)34-17-29(3,18-34)33-27(35)36/h4-13,21,25,33H,14-18,30H2,1-3H3,(H,35,36). The molecule has 4 N–H and O–H groups in total. The van der Waals surface area contributed by atoms with Crippen molar-refractivity contribution >= 4 is 12.0 Å². The van der Waals surface area contributed by atoms with E-state index in [4.69, 9.17) is 20.3 Å². The molecular formula is C29H35N5O4. The molecule has 2 heterocycles.